The van der Waals surface area contributed by atoms with Crippen LogP contribution < -0.4 is 4.74 Å². The minimum Gasteiger partial charge on any atom is -0.474 e. The van der Waals surface area contributed by atoms with Crippen LogP contribution in [0.1, 0.15) is 20.3 Å². The number of hydrogen-bond donors (Lipinski definition) is 1. The van der Waals surface area contributed by atoms with E-state index in [4.69, 9.17) is 4.74 Å². The minimum atomic E-state index is -5.14. The molecule has 0 radical (unpaired) electrons. The Morgan fingerprint density at radius 2 is 2.08 bits per heavy atom. The first-order chi connectivity index (χ1) is 11.5. The lowest BCUT2D eigenvalue weighted by Crippen LogP contribution is -2.58. The van der Waals surface area contributed by atoms with Crippen molar-refractivity contribution in [3.63, 3.8) is 0 Å². The number of nitro benzene ring substituents is 1. The van der Waals surface area contributed by atoms with E-state index < -0.39 is 40.9 Å². The van der Waals surface area contributed by atoms with Crippen molar-refractivity contribution in [2.45, 2.75) is 38.3 Å². The molecule has 0 fully saturated rings. The van der Waals surface area contributed by atoms with Crippen LogP contribution in [0.15, 0.2) is 29.4 Å². The third kappa shape index (κ3) is 3.40. The molecule has 0 spiro atoms. The molecule has 0 unspecified atom stereocenters. The number of nitro groups is 1. The van der Waals surface area contributed by atoms with Gasteiger partial charge < -0.3 is 9.84 Å². The first kappa shape index (κ1) is 18.6. The van der Waals surface area contributed by atoms with Crippen molar-refractivity contribution >= 4 is 17.3 Å². The molecule has 1 N–H and O–H groups in total. The van der Waals surface area contributed by atoms with E-state index in [9.17, 15) is 33.2 Å². The third-order valence-corrected chi connectivity index (χ3v) is 3.50. The molecule has 1 aliphatic rings. The van der Waals surface area contributed by atoms with Gasteiger partial charge in [-0.05, 0) is 19.9 Å². The van der Waals surface area contributed by atoms with Crippen LogP contribution in [0.5, 0.6) is 5.75 Å². The number of hydrogen-bond acceptors (Lipinski definition) is 6. The zero-order chi connectivity index (χ0) is 19.0. The molecule has 0 aliphatic carbocycles. The van der Waals surface area contributed by atoms with Crippen LogP contribution in [0.4, 0.5) is 18.9 Å². The van der Waals surface area contributed by atoms with E-state index in [0.29, 0.717) is 0 Å². The van der Waals surface area contributed by atoms with Gasteiger partial charge in [0, 0.05) is 18.2 Å². The van der Waals surface area contributed by atoms with Crippen molar-refractivity contribution in [2.75, 3.05) is 0 Å². The second-order valence-electron chi connectivity index (χ2n) is 5.46. The molecule has 8 nitrogen and oxygen atoms in total. The molecule has 1 aliphatic heterocycles. The zero-order valence-electron chi connectivity index (χ0n) is 13.1. The van der Waals surface area contributed by atoms with E-state index in [1.807, 2.05) is 0 Å². The molecule has 0 saturated heterocycles. The molecule has 136 valence electrons. The van der Waals surface area contributed by atoms with Crippen LogP contribution in [-0.2, 0) is 4.79 Å². The van der Waals surface area contributed by atoms with Crippen molar-refractivity contribution in [1.82, 2.24) is 5.01 Å². The number of halogens is 3. The smallest absolute Gasteiger partial charge is 0.438 e. The summed E-state index contributed by atoms with van der Waals surface area (Å²) in [6.07, 6.45) is -7.58. The molecule has 2 rings (SSSR count). The van der Waals surface area contributed by atoms with E-state index in [2.05, 4.69) is 5.10 Å². The molecule has 1 aromatic carbocycles. The molecule has 1 amide bonds. The number of carbonyl (C=O) groups is 1. The van der Waals surface area contributed by atoms with E-state index in [0.717, 1.165) is 13.0 Å². The third-order valence-electron chi connectivity index (χ3n) is 3.50. The number of rotatable bonds is 4. The zero-order valence-corrected chi connectivity index (χ0v) is 13.1. The predicted octanol–water partition coefficient (Wildman–Crippen LogP) is 2.22. The average Bonchev–Trinajstić information content (AvgIpc) is 2.82. The second kappa shape index (κ2) is 6.31. The Morgan fingerprint density at radius 1 is 1.48 bits per heavy atom. The summed E-state index contributed by atoms with van der Waals surface area (Å²) in [5.74, 6) is -1.57. The van der Waals surface area contributed by atoms with Crippen LogP contribution in [0.3, 0.4) is 0 Å². The van der Waals surface area contributed by atoms with Gasteiger partial charge in [-0.3, -0.25) is 14.9 Å². The predicted molar refractivity (Wildman–Crippen MR) is 78.8 cm³/mol. The van der Waals surface area contributed by atoms with Gasteiger partial charge in [0.1, 0.15) is 0 Å². The molecule has 1 aromatic rings. The Morgan fingerprint density at radius 3 is 2.64 bits per heavy atom. The molecule has 11 heteroatoms. The van der Waals surface area contributed by atoms with Crippen LogP contribution in [0.25, 0.3) is 0 Å². The van der Waals surface area contributed by atoms with E-state index >= 15 is 0 Å². The fourth-order valence-corrected chi connectivity index (χ4v) is 2.29. The van der Waals surface area contributed by atoms with Gasteiger partial charge in [-0.1, -0.05) is 12.1 Å². The maximum Gasteiger partial charge on any atom is 0.438 e. The normalized spacial score (nSPS) is 21.7. The lowest BCUT2D eigenvalue weighted by Gasteiger charge is -2.33. The van der Waals surface area contributed by atoms with Gasteiger partial charge in [-0.25, -0.2) is 0 Å². The summed E-state index contributed by atoms with van der Waals surface area (Å²) in [4.78, 5) is 22.5. The lowest BCUT2D eigenvalue weighted by atomic mass is 10.1. The summed E-state index contributed by atoms with van der Waals surface area (Å²) in [6.45, 7) is 2.34. The average molecular weight is 361 g/mol. The van der Waals surface area contributed by atoms with Crippen molar-refractivity contribution < 1.29 is 32.7 Å². The number of amides is 1. The highest BCUT2D eigenvalue weighted by Crippen LogP contribution is 2.40. The number of alkyl halides is 3. The van der Waals surface area contributed by atoms with Crippen molar-refractivity contribution in [2.24, 2.45) is 5.10 Å². The minimum absolute atomic E-state index is 0.0816. The topological polar surface area (TPSA) is 105 Å². The number of carbonyl (C=O) groups excluding carboxylic acids is 1. The fourth-order valence-electron chi connectivity index (χ4n) is 2.29. The van der Waals surface area contributed by atoms with Gasteiger partial charge in [0.15, 0.2) is 11.9 Å². The van der Waals surface area contributed by atoms with Crippen LogP contribution in [0, 0.1) is 10.1 Å². The van der Waals surface area contributed by atoms with E-state index in [1.54, 1.807) is 0 Å². The molecule has 0 bridgehead atoms. The monoisotopic (exact) mass is 361 g/mol. The molecule has 0 saturated carbocycles. The quantitative estimate of drug-likeness (QED) is 0.654. The van der Waals surface area contributed by atoms with Crippen LogP contribution in [-0.4, -0.2) is 44.7 Å². The molecule has 2 atom stereocenters. The number of para-hydroxylation sites is 2. The Bertz CT molecular complexity index is 737. The fraction of sp³-hybridized carbons (Fsp3) is 0.429. The summed E-state index contributed by atoms with van der Waals surface area (Å²) in [6, 6.07) is 5.10. The van der Waals surface area contributed by atoms with Gasteiger partial charge in [0.05, 0.1) is 4.92 Å². The van der Waals surface area contributed by atoms with Gasteiger partial charge in [0.25, 0.3) is 11.6 Å². The van der Waals surface area contributed by atoms with Crippen LogP contribution >= 0.6 is 0 Å². The summed E-state index contributed by atoms with van der Waals surface area (Å²) in [5.41, 5.74) is -4.02. The first-order valence-corrected chi connectivity index (χ1v) is 7.04. The Hall–Kier alpha value is -2.69. The number of ether oxygens (including phenoxy) is 1. The molecule has 1 heterocycles. The summed E-state index contributed by atoms with van der Waals surface area (Å²) >= 11 is 0. The summed E-state index contributed by atoms with van der Waals surface area (Å²) in [5, 5.41) is 24.2. The Balaban J connectivity index is 2.27. The van der Waals surface area contributed by atoms with Gasteiger partial charge in [-0.2, -0.15) is 23.3 Å². The summed E-state index contributed by atoms with van der Waals surface area (Å²) < 4.78 is 44.6. The standard InChI is InChI=1S/C14H14F3N3O5/c1-8-7-13(22,14(15,16)17)19(18-8)12(21)9(2)25-11-6-4-3-5-10(11)20(23)24/h3-6,9,22H,7H2,1-2H3/t9-,13-/m1/s1. The number of hydrazone groups is 1. The van der Waals surface area contributed by atoms with Gasteiger partial charge in [0.2, 0.25) is 0 Å². The largest absolute Gasteiger partial charge is 0.474 e. The van der Waals surface area contributed by atoms with Crippen molar-refractivity contribution in [3.8, 4) is 5.75 Å². The number of nitrogens with zero attached hydrogens (tertiary/aromatic N) is 3. The maximum atomic E-state index is 13.1. The van der Waals surface area contributed by atoms with Gasteiger partial charge >= 0.3 is 11.9 Å². The Kier molecular flexibility index (Phi) is 4.71. The van der Waals surface area contributed by atoms with Gasteiger partial charge in [-0.15, -0.1) is 0 Å². The molecule has 25 heavy (non-hydrogen) atoms. The molecular formula is C14H14F3N3O5. The highest BCUT2D eigenvalue weighted by atomic mass is 19.4. The highest BCUT2D eigenvalue weighted by molar-refractivity contribution is 5.90. The SMILES string of the molecule is CC1=NN(C(=O)[C@@H](C)Oc2ccccc2[N+](=O)[O-])[C@](O)(C(F)(F)F)C1. The van der Waals surface area contributed by atoms with E-state index in [-0.39, 0.29) is 16.5 Å². The van der Waals surface area contributed by atoms with Crippen molar-refractivity contribution in [1.29, 1.82) is 0 Å². The maximum absolute atomic E-state index is 13.1. The lowest BCUT2D eigenvalue weighted by molar-refractivity contribution is -0.386. The molecular weight excluding hydrogens is 347 g/mol. The van der Waals surface area contributed by atoms with Crippen LogP contribution in [0.2, 0.25) is 0 Å². The highest BCUT2D eigenvalue weighted by Gasteiger charge is 2.63. The van der Waals surface area contributed by atoms with E-state index in [1.165, 1.54) is 25.1 Å². The molecule has 0 aromatic heterocycles. The van der Waals surface area contributed by atoms with Crippen molar-refractivity contribution in [3.05, 3.63) is 34.4 Å². The number of benzene rings is 1. The second-order valence-corrected chi connectivity index (χ2v) is 5.46. The first-order valence-electron chi connectivity index (χ1n) is 7.04. The Labute approximate surface area is 139 Å². The number of aliphatic hydroxyl groups is 1. The summed E-state index contributed by atoms with van der Waals surface area (Å²) in [7, 11) is 0.